The Balaban J connectivity index is 1.73. The Labute approximate surface area is 144 Å². The van der Waals surface area contributed by atoms with Crippen LogP contribution in [0.15, 0.2) is 67.0 Å². The van der Waals surface area contributed by atoms with Crippen molar-refractivity contribution in [2.24, 2.45) is 5.73 Å². The Bertz CT molecular complexity index is 1020. The molecule has 0 unspecified atom stereocenters. The monoisotopic (exact) mass is 331 g/mol. The third-order valence-electron chi connectivity index (χ3n) is 3.98. The van der Waals surface area contributed by atoms with Crippen LogP contribution in [-0.2, 0) is 6.54 Å². The first-order valence-corrected chi connectivity index (χ1v) is 7.93. The number of nitrogens with zero attached hydrogens (tertiary/aromatic N) is 3. The summed E-state index contributed by atoms with van der Waals surface area (Å²) in [7, 11) is 0. The van der Waals surface area contributed by atoms with Crippen molar-refractivity contribution in [3.63, 3.8) is 0 Å². The van der Waals surface area contributed by atoms with Crippen LogP contribution in [0.4, 0.5) is 11.5 Å². The van der Waals surface area contributed by atoms with E-state index in [9.17, 15) is 5.11 Å². The zero-order valence-corrected chi connectivity index (χ0v) is 13.4. The van der Waals surface area contributed by atoms with Gasteiger partial charge in [-0.3, -0.25) is 0 Å². The van der Waals surface area contributed by atoms with Gasteiger partial charge in [0.25, 0.3) is 0 Å². The van der Waals surface area contributed by atoms with Gasteiger partial charge in [-0.1, -0.05) is 18.2 Å². The summed E-state index contributed by atoms with van der Waals surface area (Å²) in [6.45, 7) is 0.494. The highest BCUT2D eigenvalue weighted by atomic mass is 16.3. The van der Waals surface area contributed by atoms with Crippen LogP contribution in [0.1, 0.15) is 5.56 Å². The lowest BCUT2D eigenvalue weighted by Crippen LogP contribution is -1.98. The summed E-state index contributed by atoms with van der Waals surface area (Å²) < 4.78 is 1.74. The second kappa shape index (κ2) is 6.26. The zero-order valence-electron chi connectivity index (χ0n) is 13.4. The average Bonchev–Trinajstić information content (AvgIpc) is 3.07. The van der Waals surface area contributed by atoms with Gasteiger partial charge in [-0.25, -0.2) is 9.50 Å². The van der Waals surface area contributed by atoms with Gasteiger partial charge < -0.3 is 16.2 Å². The molecule has 0 fully saturated rings. The maximum atomic E-state index is 9.38. The minimum atomic E-state index is 0.229. The number of aromatic hydroxyl groups is 1. The van der Waals surface area contributed by atoms with Gasteiger partial charge in [-0.15, -0.1) is 0 Å². The van der Waals surface area contributed by atoms with Crippen molar-refractivity contribution in [1.82, 2.24) is 14.6 Å². The summed E-state index contributed by atoms with van der Waals surface area (Å²) in [5.74, 6) is 0.932. The van der Waals surface area contributed by atoms with E-state index in [0.29, 0.717) is 12.4 Å². The fourth-order valence-corrected chi connectivity index (χ4v) is 2.70. The Morgan fingerprint density at radius 3 is 2.72 bits per heavy atom. The third-order valence-corrected chi connectivity index (χ3v) is 3.98. The van der Waals surface area contributed by atoms with Crippen molar-refractivity contribution in [2.45, 2.75) is 6.54 Å². The van der Waals surface area contributed by atoms with Crippen molar-refractivity contribution in [3.05, 3.63) is 72.6 Å². The zero-order chi connectivity index (χ0) is 17.2. The number of aromatic nitrogens is 3. The first kappa shape index (κ1) is 15.2. The lowest BCUT2D eigenvalue weighted by molar-refractivity contribution is 0.475. The molecule has 0 bridgehead atoms. The van der Waals surface area contributed by atoms with Crippen molar-refractivity contribution in [3.8, 4) is 16.9 Å². The van der Waals surface area contributed by atoms with Crippen LogP contribution in [0.25, 0.3) is 16.8 Å². The van der Waals surface area contributed by atoms with Gasteiger partial charge in [-0.05, 0) is 47.5 Å². The quantitative estimate of drug-likeness (QED) is 0.499. The molecule has 2 aromatic carbocycles. The van der Waals surface area contributed by atoms with Gasteiger partial charge in [0.15, 0.2) is 5.65 Å². The Morgan fingerprint density at radius 1 is 1.08 bits per heavy atom. The number of hydrogen-bond donors (Lipinski definition) is 3. The number of rotatable bonds is 4. The molecule has 25 heavy (non-hydrogen) atoms. The summed E-state index contributed by atoms with van der Waals surface area (Å²) in [4.78, 5) is 4.68. The van der Waals surface area contributed by atoms with Crippen LogP contribution in [0.3, 0.4) is 0 Å². The molecule has 0 aliphatic rings. The number of nitrogens with two attached hydrogens (primary N) is 1. The molecule has 0 aliphatic heterocycles. The van der Waals surface area contributed by atoms with E-state index in [0.717, 1.165) is 28.0 Å². The highest BCUT2D eigenvalue weighted by molar-refractivity contribution is 5.78. The van der Waals surface area contributed by atoms with E-state index in [2.05, 4.69) is 21.5 Å². The summed E-state index contributed by atoms with van der Waals surface area (Å²) in [5, 5.41) is 17.0. The van der Waals surface area contributed by atoms with Crippen molar-refractivity contribution in [2.75, 3.05) is 5.32 Å². The smallest absolute Gasteiger partial charge is 0.165 e. The molecular formula is C19H17N5O. The van der Waals surface area contributed by atoms with E-state index in [1.807, 2.05) is 36.7 Å². The van der Waals surface area contributed by atoms with Crippen LogP contribution in [0.5, 0.6) is 5.75 Å². The maximum Gasteiger partial charge on any atom is 0.165 e. The topological polar surface area (TPSA) is 88.5 Å². The predicted molar refractivity (Wildman–Crippen MR) is 97.7 cm³/mol. The molecule has 6 heteroatoms. The molecule has 0 spiro atoms. The molecule has 0 saturated heterocycles. The molecule has 124 valence electrons. The normalized spacial score (nSPS) is 10.9. The van der Waals surface area contributed by atoms with Gasteiger partial charge in [0.05, 0.1) is 6.20 Å². The molecule has 0 radical (unpaired) electrons. The first-order valence-electron chi connectivity index (χ1n) is 7.93. The number of nitrogens with one attached hydrogen (secondary N) is 1. The van der Waals surface area contributed by atoms with E-state index in [-0.39, 0.29) is 5.75 Å². The van der Waals surface area contributed by atoms with E-state index < -0.39 is 0 Å². The van der Waals surface area contributed by atoms with Gasteiger partial charge in [0.2, 0.25) is 0 Å². The molecule has 0 aliphatic carbocycles. The molecule has 0 saturated carbocycles. The standard InChI is InChI=1S/C19H17N5O/c20-11-13-2-1-3-14(10-13)17-12-21-24-9-8-18(23-19(17)24)22-15-4-6-16(25)7-5-15/h1-10,12,25H,11,20H2,(H,22,23). The molecule has 6 nitrogen and oxygen atoms in total. The number of phenols is 1. The van der Waals surface area contributed by atoms with Crippen LogP contribution >= 0.6 is 0 Å². The molecule has 0 amide bonds. The maximum absolute atomic E-state index is 9.38. The van der Waals surface area contributed by atoms with Gasteiger partial charge >= 0.3 is 0 Å². The molecule has 4 rings (SSSR count). The lowest BCUT2D eigenvalue weighted by Gasteiger charge is -2.07. The highest BCUT2D eigenvalue weighted by Crippen LogP contribution is 2.26. The van der Waals surface area contributed by atoms with Gasteiger partial charge in [0, 0.05) is 24.0 Å². The molecule has 4 aromatic rings. The fraction of sp³-hybridized carbons (Fsp3) is 0.0526. The van der Waals surface area contributed by atoms with Gasteiger partial charge in [-0.2, -0.15) is 5.10 Å². The van der Waals surface area contributed by atoms with Crippen molar-refractivity contribution in [1.29, 1.82) is 0 Å². The Kier molecular flexibility index (Phi) is 3.80. The second-order valence-corrected chi connectivity index (χ2v) is 5.72. The van der Waals surface area contributed by atoms with Crippen LogP contribution in [-0.4, -0.2) is 19.7 Å². The molecule has 4 N–H and O–H groups in total. The summed E-state index contributed by atoms with van der Waals surface area (Å²) in [5.41, 5.74) is 10.4. The van der Waals surface area contributed by atoms with Crippen LogP contribution < -0.4 is 11.1 Å². The predicted octanol–water partition coefficient (Wildman–Crippen LogP) is 3.30. The second-order valence-electron chi connectivity index (χ2n) is 5.72. The highest BCUT2D eigenvalue weighted by Gasteiger charge is 2.09. The summed E-state index contributed by atoms with van der Waals surface area (Å²) >= 11 is 0. The third kappa shape index (κ3) is 3.02. The largest absolute Gasteiger partial charge is 0.508 e. The van der Waals surface area contributed by atoms with E-state index in [1.165, 1.54) is 0 Å². The Hall–Kier alpha value is -3.38. The lowest BCUT2D eigenvalue weighted by atomic mass is 10.1. The van der Waals surface area contributed by atoms with Gasteiger partial charge in [0.1, 0.15) is 11.6 Å². The van der Waals surface area contributed by atoms with E-state index in [4.69, 9.17) is 5.73 Å². The van der Waals surface area contributed by atoms with Crippen molar-refractivity contribution < 1.29 is 5.11 Å². The van der Waals surface area contributed by atoms with Crippen LogP contribution in [0.2, 0.25) is 0 Å². The minimum absolute atomic E-state index is 0.229. The summed E-state index contributed by atoms with van der Waals surface area (Å²) in [6.07, 6.45) is 3.67. The SMILES string of the molecule is NCc1cccc(-c2cnn3ccc(Nc4ccc(O)cc4)nc23)c1. The number of fused-ring (bicyclic) bond motifs is 1. The average molecular weight is 331 g/mol. The number of benzene rings is 2. The van der Waals surface area contributed by atoms with Crippen LogP contribution in [0, 0.1) is 0 Å². The number of hydrogen-bond acceptors (Lipinski definition) is 5. The molecule has 2 aromatic heterocycles. The number of anilines is 2. The molecule has 0 atom stereocenters. The van der Waals surface area contributed by atoms with E-state index >= 15 is 0 Å². The summed E-state index contributed by atoms with van der Waals surface area (Å²) in [6, 6.07) is 16.8. The molecular weight excluding hydrogens is 314 g/mol. The Morgan fingerprint density at radius 2 is 1.92 bits per heavy atom. The number of phenolic OH excluding ortho intramolecular Hbond substituents is 1. The first-order chi connectivity index (χ1) is 12.2. The fourth-order valence-electron chi connectivity index (χ4n) is 2.70. The molecule has 2 heterocycles. The van der Waals surface area contributed by atoms with Crippen molar-refractivity contribution >= 4 is 17.2 Å². The van der Waals surface area contributed by atoms with E-state index in [1.54, 1.807) is 28.8 Å². The minimum Gasteiger partial charge on any atom is -0.508 e.